The predicted octanol–water partition coefficient (Wildman–Crippen LogP) is 7.59. The number of nitrogens with one attached hydrogen (secondary N) is 2. The summed E-state index contributed by atoms with van der Waals surface area (Å²) in [6.45, 7) is 6.96. The van der Waals surface area contributed by atoms with Gasteiger partial charge in [-0.2, -0.15) is 0 Å². The van der Waals surface area contributed by atoms with Crippen LogP contribution in [-0.2, 0) is 37.8 Å². The summed E-state index contributed by atoms with van der Waals surface area (Å²) in [6, 6.07) is 32.0. The molecule has 2 heterocycles. The van der Waals surface area contributed by atoms with Crippen molar-refractivity contribution in [2.75, 3.05) is 26.2 Å². The number of aliphatic hydroxyl groups excluding tert-OH is 1. The molecule has 4 aromatic rings. The molecule has 0 aromatic heterocycles. The highest BCUT2D eigenvalue weighted by molar-refractivity contribution is 6.30. The second-order valence-electron chi connectivity index (χ2n) is 15.1. The molecule has 292 valence electrons. The lowest BCUT2D eigenvalue weighted by molar-refractivity contribution is -0.277. The van der Waals surface area contributed by atoms with Gasteiger partial charge in [0.15, 0.2) is 6.29 Å². The van der Waals surface area contributed by atoms with Crippen molar-refractivity contribution in [3.63, 3.8) is 0 Å². The van der Waals surface area contributed by atoms with Crippen molar-refractivity contribution in [2.24, 2.45) is 5.92 Å². The molecule has 4 aromatic carbocycles. The van der Waals surface area contributed by atoms with Crippen LogP contribution < -0.4 is 10.6 Å². The van der Waals surface area contributed by atoms with Crippen molar-refractivity contribution in [1.82, 2.24) is 15.5 Å². The predicted molar refractivity (Wildman–Crippen MR) is 215 cm³/mol. The van der Waals surface area contributed by atoms with Crippen LogP contribution in [0.4, 0.5) is 0 Å². The maximum absolute atomic E-state index is 12.5. The number of aliphatic hydroxyl groups is 2. The fraction of sp³-hybridized carbons (Fsp3) is 0.422. The van der Waals surface area contributed by atoms with Crippen molar-refractivity contribution in [3.8, 4) is 11.1 Å². The van der Waals surface area contributed by atoms with Gasteiger partial charge in [-0.05, 0) is 77.3 Å². The number of rotatable bonds is 15. The molecule has 9 nitrogen and oxygen atoms in total. The van der Waals surface area contributed by atoms with Gasteiger partial charge in [0.25, 0.3) is 0 Å². The number of likely N-dealkylation sites (tertiary alicyclic amines) is 1. The molecule has 0 spiro atoms. The van der Waals surface area contributed by atoms with E-state index in [-0.39, 0.29) is 36.5 Å². The number of ether oxygens (including phenoxy) is 2. The van der Waals surface area contributed by atoms with Gasteiger partial charge >= 0.3 is 0 Å². The van der Waals surface area contributed by atoms with Gasteiger partial charge in [0.2, 0.25) is 11.8 Å². The summed E-state index contributed by atoms with van der Waals surface area (Å²) in [5.41, 5.74) is 5.97. The number of carbonyl (C=O) groups is 2. The topological polar surface area (TPSA) is 120 Å². The Morgan fingerprint density at radius 3 is 2.24 bits per heavy atom. The highest BCUT2D eigenvalue weighted by Gasteiger charge is 2.41. The number of piperidine rings is 1. The number of halogens is 1. The summed E-state index contributed by atoms with van der Waals surface area (Å²) in [6.07, 6.45) is 3.33. The maximum Gasteiger partial charge on any atom is 0.220 e. The molecule has 0 radical (unpaired) electrons. The van der Waals surface area contributed by atoms with Crippen LogP contribution >= 0.6 is 11.6 Å². The lowest BCUT2D eigenvalue weighted by Crippen LogP contribution is -2.49. The first-order valence-electron chi connectivity index (χ1n) is 19.5. The van der Waals surface area contributed by atoms with E-state index in [0.717, 1.165) is 71.3 Å². The summed E-state index contributed by atoms with van der Waals surface area (Å²) in [5, 5.41) is 27.6. The van der Waals surface area contributed by atoms with Gasteiger partial charge in [-0.25, -0.2) is 0 Å². The highest BCUT2D eigenvalue weighted by Crippen LogP contribution is 2.43. The Hall–Kier alpha value is -4.09. The van der Waals surface area contributed by atoms with Crippen LogP contribution in [0.15, 0.2) is 97.1 Å². The molecule has 2 saturated heterocycles. The summed E-state index contributed by atoms with van der Waals surface area (Å²) in [5.74, 6) is 0.0433. The molecule has 0 aliphatic carbocycles. The van der Waals surface area contributed by atoms with E-state index in [1.165, 1.54) is 6.92 Å². The third kappa shape index (κ3) is 11.0. The molecule has 2 aliphatic rings. The third-order valence-electron chi connectivity index (χ3n) is 11.0. The zero-order valence-electron chi connectivity index (χ0n) is 31.9. The Morgan fingerprint density at radius 1 is 0.836 bits per heavy atom. The van der Waals surface area contributed by atoms with Gasteiger partial charge in [0.1, 0.15) is 0 Å². The van der Waals surface area contributed by atoms with Crippen LogP contribution in [0.2, 0.25) is 5.02 Å². The minimum atomic E-state index is -0.880. The summed E-state index contributed by atoms with van der Waals surface area (Å²) in [7, 11) is 0. The summed E-state index contributed by atoms with van der Waals surface area (Å²) in [4.78, 5) is 25.8. The van der Waals surface area contributed by atoms with Crippen LogP contribution in [-0.4, -0.2) is 59.2 Å². The van der Waals surface area contributed by atoms with Crippen LogP contribution in [0.25, 0.3) is 11.1 Å². The average Bonchev–Trinajstić information content (AvgIpc) is 3.20. The molecule has 2 fully saturated rings. The van der Waals surface area contributed by atoms with E-state index >= 15 is 0 Å². The number of hydrogen-bond donors (Lipinski definition) is 4. The number of hydrogen-bond acceptors (Lipinski definition) is 7. The van der Waals surface area contributed by atoms with E-state index in [2.05, 4.69) is 58.9 Å². The lowest BCUT2D eigenvalue weighted by Gasteiger charge is -2.45. The zero-order chi connectivity index (χ0) is 38.8. The maximum atomic E-state index is 12.5. The molecular formula is C45H54ClN3O6. The quantitative estimate of drug-likeness (QED) is 0.0921. The van der Waals surface area contributed by atoms with Gasteiger partial charge in [-0.1, -0.05) is 104 Å². The van der Waals surface area contributed by atoms with E-state index in [4.69, 9.17) is 21.1 Å². The molecule has 10 heteroatoms. The fourth-order valence-corrected chi connectivity index (χ4v) is 7.70. The van der Waals surface area contributed by atoms with E-state index in [1.807, 2.05) is 60.7 Å². The number of nitrogens with zero attached hydrogens (tertiary/aromatic N) is 1. The molecular weight excluding hydrogens is 714 g/mol. The normalized spacial score (nSPS) is 21.2. The molecule has 2 amide bonds. The Balaban J connectivity index is 1.09. The van der Waals surface area contributed by atoms with Crippen molar-refractivity contribution in [1.29, 1.82) is 0 Å². The first-order valence-corrected chi connectivity index (χ1v) is 19.9. The molecule has 4 unspecified atom stereocenters. The number of unbranched alkanes of at least 4 members (excludes halogenated alkanes) is 2. The standard InChI is InChI=1S/C45H54ClN3O6/c1-31-41(29-49-25-22-45(53,23-26-49)39-18-20-40(46)21-19-39)54-44(55-43(31)36-12-10-33(30-50)11-13-36)37-16-14-35(15-17-37)38-8-6-7-34(27-38)28-48-42(52)9-4-3-5-24-47-32(2)51/h6-8,10-21,27,31,41,43-44,50,53H,3-5,9,22-26,28-30H2,1-2H3,(H,47,51)(H,48,52). The second-order valence-corrected chi connectivity index (χ2v) is 15.5. The molecule has 2 aliphatic heterocycles. The van der Waals surface area contributed by atoms with Crippen molar-refractivity contribution >= 4 is 23.4 Å². The van der Waals surface area contributed by atoms with Gasteiger partial charge in [-0.3, -0.25) is 9.59 Å². The Morgan fingerprint density at radius 2 is 1.55 bits per heavy atom. The Labute approximate surface area is 330 Å². The minimum Gasteiger partial charge on any atom is -0.392 e. The SMILES string of the molecule is CC(=O)NCCCCCC(=O)NCc1cccc(-c2ccc(C3OC(CN4CCC(O)(c5ccc(Cl)cc5)CC4)C(C)C(c4ccc(CO)cc4)O3)cc2)c1. The molecule has 4 N–H and O–H groups in total. The smallest absolute Gasteiger partial charge is 0.220 e. The van der Waals surface area contributed by atoms with Crippen molar-refractivity contribution in [2.45, 2.75) is 89.6 Å². The van der Waals surface area contributed by atoms with Gasteiger partial charge < -0.3 is 35.2 Å². The van der Waals surface area contributed by atoms with Crippen LogP contribution in [0.5, 0.6) is 0 Å². The lowest BCUT2D eigenvalue weighted by atomic mass is 9.84. The first-order chi connectivity index (χ1) is 26.6. The molecule has 4 atom stereocenters. The van der Waals surface area contributed by atoms with E-state index < -0.39 is 11.9 Å². The Kier molecular flexibility index (Phi) is 14.1. The number of benzene rings is 4. The summed E-state index contributed by atoms with van der Waals surface area (Å²) < 4.78 is 13.5. The van der Waals surface area contributed by atoms with Crippen LogP contribution in [0.3, 0.4) is 0 Å². The third-order valence-corrected chi connectivity index (χ3v) is 11.3. The van der Waals surface area contributed by atoms with Gasteiger partial charge in [0, 0.05) is 62.6 Å². The van der Waals surface area contributed by atoms with Gasteiger partial charge in [0.05, 0.1) is 24.4 Å². The molecule has 0 bridgehead atoms. The number of amides is 2. The van der Waals surface area contributed by atoms with E-state index in [9.17, 15) is 19.8 Å². The van der Waals surface area contributed by atoms with Crippen molar-refractivity contribution < 1.29 is 29.3 Å². The number of carbonyl (C=O) groups excluding carboxylic acids is 2. The monoisotopic (exact) mass is 767 g/mol. The van der Waals surface area contributed by atoms with Crippen LogP contribution in [0, 0.1) is 5.92 Å². The highest BCUT2D eigenvalue weighted by atomic mass is 35.5. The first kappa shape index (κ1) is 40.6. The largest absolute Gasteiger partial charge is 0.392 e. The average molecular weight is 768 g/mol. The van der Waals surface area contributed by atoms with E-state index in [1.54, 1.807) is 0 Å². The fourth-order valence-electron chi connectivity index (χ4n) is 7.57. The zero-order valence-corrected chi connectivity index (χ0v) is 32.6. The minimum absolute atomic E-state index is 0.0139. The van der Waals surface area contributed by atoms with E-state index in [0.29, 0.717) is 43.9 Å². The second kappa shape index (κ2) is 19.2. The Bertz CT molecular complexity index is 1840. The molecule has 6 rings (SSSR count). The van der Waals surface area contributed by atoms with Crippen molar-refractivity contribution in [3.05, 3.63) is 130 Å². The molecule has 55 heavy (non-hydrogen) atoms. The molecule has 0 saturated carbocycles. The van der Waals surface area contributed by atoms with Gasteiger partial charge in [-0.15, -0.1) is 0 Å². The summed E-state index contributed by atoms with van der Waals surface area (Å²) >= 11 is 6.11. The van der Waals surface area contributed by atoms with Crippen LogP contribution in [0.1, 0.15) is 92.6 Å².